The molecule has 0 heterocycles. The lowest BCUT2D eigenvalue weighted by atomic mass is 9.97. The first-order chi connectivity index (χ1) is 8.91. The van der Waals surface area contributed by atoms with E-state index in [1.165, 1.54) is 0 Å². The predicted octanol–water partition coefficient (Wildman–Crippen LogP) is 3.44. The van der Waals surface area contributed by atoms with Crippen LogP contribution in [0.1, 0.15) is 50.9 Å². The number of rotatable bonds is 6. The molecule has 4 nitrogen and oxygen atoms in total. The van der Waals surface area contributed by atoms with Gasteiger partial charge in [-0.1, -0.05) is 19.4 Å². The number of nitrogens with two attached hydrogens (primary N) is 1. The van der Waals surface area contributed by atoms with E-state index in [0.29, 0.717) is 23.5 Å². The van der Waals surface area contributed by atoms with Gasteiger partial charge in [-0.15, -0.1) is 0 Å². The lowest BCUT2D eigenvalue weighted by molar-refractivity contribution is 0.0527. The molecule has 4 heteroatoms. The van der Waals surface area contributed by atoms with E-state index in [9.17, 15) is 4.79 Å². The molecule has 0 saturated carbocycles. The maximum Gasteiger partial charge on any atom is 0.340 e. The van der Waals surface area contributed by atoms with Crippen LogP contribution in [0.15, 0.2) is 18.2 Å². The molecule has 0 aliphatic carbocycles. The minimum absolute atomic E-state index is 0.120. The Morgan fingerprint density at radius 1 is 1.37 bits per heavy atom. The Morgan fingerprint density at radius 2 is 2.05 bits per heavy atom. The molecule has 0 fully saturated rings. The van der Waals surface area contributed by atoms with E-state index in [1.807, 2.05) is 0 Å². The molecule has 0 spiro atoms. The van der Waals surface area contributed by atoms with Crippen molar-refractivity contribution in [2.24, 2.45) is 0 Å². The number of nitrogen functional groups attached to an aromatic ring is 1. The number of anilines is 2. The molecule has 0 amide bonds. The fraction of sp³-hybridized carbons (Fsp3) is 0.533. The van der Waals surface area contributed by atoms with Crippen molar-refractivity contribution in [3.8, 4) is 0 Å². The highest BCUT2D eigenvalue weighted by atomic mass is 16.5. The normalized spacial score (nSPS) is 11.2. The summed E-state index contributed by atoms with van der Waals surface area (Å²) in [6.45, 7) is 8.46. The van der Waals surface area contributed by atoms with E-state index in [-0.39, 0.29) is 11.5 Å². The van der Waals surface area contributed by atoms with Crippen LogP contribution in [0.2, 0.25) is 0 Å². The Hall–Kier alpha value is -1.71. The molecule has 1 aromatic rings. The molecular formula is C15H24N2O2. The smallest absolute Gasteiger partial charge is 0.340 e. The third kappa shape index (κ3) is 4.16. The molecule has 3 N–H and O–H groups in total. The molecule has 0 aliphatic heterocycles. The minimum atomic E-state index is -0.343. The van der Waals surface area contributed by atoms with Crippen LogP contribution in [-0.4, -0.2) is 18.1 Å². The number of esters is 1. The number of carbonyl (C=O) groups excluding carboxylic acids is 1. The van der Waals surface area contributed by atoms with Crippen LogP contribution in [0.4, 0.5) is 11.4 Å². The van der Waals surface area contributed by atoms with Crippen molar-refractivity contribution < 1.29 is 9.53 Å². The van der Waals surface area contributed by atoms with E-state index in [2.05, 4.69) is 26.1 Å². The third-order valence-electron chi connectivity index (χ3n) is 2.93. The largest absolute Gasteiger partial charge is 0.462 e. The Morgan fingerprint density at radius 3 is 2.63 bits per heavy atom. The van der Waals surface area contributed by atoms with E-state index < -0.39 is 0 Å². The molecule has 0 atom stereocenters. The van der Waals surface area contributed by atoms with Gasteiger partial charge in [0.2, 0.25) is 0 Å². The van der Waals surface area contributed by atoms with Gasteiger partial charge in [0.1, 0.15) is 0 Å². The van der Waals surface area contributed by atoms with Crippen molar-refractivity contribution in [1.82, 2.24) is 0 Å². The molecule has 0 aliphatic rings. The lowest BCUT2D eigenvalue weighted by Gasteiger charge is -2.29. The average Bonchev–Trinajstić information content (AvgIpc) is 2.31. The summed E-state index contributed by atoms with van der Waals surface area (Å²) in [5, 5.41) is 3.37. The molecule has 19 heavy (non-hydrogen) atoms. The first kappa shape index (κ1) is 15.3. The topological polar surface area (TPSA) is 64.3 Å². The molecule has 0 bridgehead atoms. The van der Waals surface area contributed by atoms with Gasteiger partial charge in [0.25, 0.3) is 0 Å². The molecule has 106 valence electrons. The number of carbonyl (C=O) groups is 1. The first-order valence-corrected chi connectivity index (χ1v) is 6.75. The zero-order valence-electron chi connectivity index (χ0n) is 12.2. The predicted molar refractivity (Wildman–Crippen MR) is 79.4 cm³/mol. The van der Waals surface area contributed by atoms with E-state index >= 15 is 0 Å². The van der Waals surface area contributed by atoms with Gasteiger partial charge in [-0.3, -0.25) is 0 Å². The molecule has 0 aromatic heterocycles. The summed E-state index contributed by atoms with van der Waals surface area (Å²) in [6, 6.07) is 5.28. The van der Waals surface area contributed by atoms with Crippen LogP contribution in [0.3, 0.4) is 0 Å². The molecule has 0 saturated heterocycles. The highest BCUT2D eigenvalue weighted by molar-refractivity contribution is 5.99. The average molecular weight is 264 g/mol. The number of para-hydroxylation sites is 1. The number of ether oxygens (including phenoxy) is 1. The van der Waals surface area contributed by atoms with Crippen molar-refractivity contribution in [1.29, 1.82) is 0 Å². The minimum Gasteiger partial charge on any atom is -0.462 e. The zero-order valence-corrected chi connectivity index (χ0v) is 12.2. The van der Waals surface area contributed by atoms with Gasteiger partial charge in [-0.05, 0) is 39.3 Å². The number of benzene rings is 1. The van der Waals surface area contributed by atoms with Gasteiger partial charge in [0.05, 0.1) is 23.5 Å². The van der Waals surface area contributed by atoms with Crippen molar-refractivity contribution in [2.45, 2.75) is 46.1 Å². The quantitative estimate of drug-likeness (QED) is 0.610. The maximum atomic E-state index is 11.9. The van der Waals surface area contributed by atoms with Crippen molar-refractivity contribution in [2.75, 3.05) is 17.7 Å². The number of hydrogen-bond acceptors (Lipinski definition) is 4. The molecule has 1 rings (SSSR count). The Balaban J connectivity index is 3.08. The second-order valence-corrected chi connectivity index (χ2v) is 5.25. The summed E-state index contributed by atoms with van der Waals surface area (Å²) in [7, 11) is 0. The van der Waals surface area contributed by atoms with Gasteiger partial charge >= 0.3 is 5.97 Å². The lowest BCUT2D eigenvalue weighted by Crippen LogP contribution is -2.32. The zero-order chi connectivity index (χ0) is 14.5. The summed E-state index contributed by atoms with van der Waals surface area (Å²) in [5.74, 6) is -0.343. The van der Waals surface area contributed by atoms with Gasteiger partial charge < -0.3 is 15.8 Å². The molecule has 0 radical (unpaired) electrons. The highest BCUT2D eigenvalue weighted by Crippen LogP contribution is 2.29. The fourth-order valence-corrected chi connectivity index (χ4v) is 2.11. The van der Waals surface area contributed by atoms with E-state index in [4.69, 9.17) is 10.5 Å². The van der Waals surface area contributed by atoms with Gasteiger partial charge in [0, 0.05) is 5.54 Å². The Labute approximate surface area is 115 Å². The summed E-state index contributed by atoms with van der Waals surface area (Å²) < 4.78 is 5.06. The van der Waals surface area contributed by atoms with Gasteiger partial charge in [0.15, 0.2) is 0 Å². The third-order valence-corrected chi connectivity index (χ3v) is 2.93. The first-order valence-electron chi connectivity index (χ1n) is 6.75. The van der Waals surface area contributed by atoms with Crippen molar-refractivity contribution >= 4 is 17.3 Å². The second-order valence-electron chi connectivity index (χ2n) is 5.25. The summed E-state index contributed by atoms with van der Waals surface area (Å²) in [6.07, 6.45) is 2.05. The summed E-state index contributed by atoms with van der Waals surface area (Å²) in [4.78, 5) is 11.9. The van der Waals surface area contributed by atoms with E-state index in [1.54, 1.807) is 25.1 Å². The number of hydrogen-bond donors (Lipinski definition) is 2. The standard InChI is InChI=1S/C15H24N2O2/c1-5-10-15(3,4)17-13-11(14(18)19-6-2)8-7-9-12(13)16/h7-9,17H,5-6,10,16H2,1-4H3. The van der Waals surface area contributed by atoms with E-state index in [0.717, 1.165) is 12.8 Å². The summed E-state index contributed by atoms with van der Waals surface area (Å²) in [5.41, 5.74) is 7.59. The van der Waals surface area contributed by atoms with Crippen LogP contribution in [0.25, 0.3) is 0 Å². The van der Waals surface area contributed by atoms with Gasteiger partial charge in [-0.2, -0.15) is 0 Å². The highest BCUT2D eigenvalue weighted by Gasteiger charge is 2.22. The SMILES string of the molecule is CCCC(C)(C)Nc1c(N)cccc1C(=O)OCC. The Kier molecular flexibility index (Phi) is 5.21. The fourth-order valence-electron chi connectivity index (χ4n) is 2.11. The van der Waals surface area contributed by atoms with Crippen LogP contribution >= 0.6 is 0 Å². The van der Waals surface area contributed by atoms with Crippen molar-refractivity contribution in [3.63, 3.8) is 0 Å². The molecular weight excluding hydrogens is 240 g/mol. The van der Waals surface area contributed by atoms with Crippen LogP contribution < -0.4 is 11.1 Å². The summed E-state index contributed by atoms with van der Waals surface area (Å²) >= 11 is 0. The molecule has 1 aromatic carbocycles. The monoisotopic (exact) mass is 264 g/mol. The maximum absolute atomic E-state index is 11.9. The van der Waals surface area contributed by atoms with Gasteiger partial charge in [-0.25, -0.2) is 4.79 Å². The second kappa shape index (κ2) is 6.45. The van der Waals surface area contributed by atoms with Crippen LogP contribution in [-0.2, 0) is 4.74 Å². The van der Waals surface area contributed by atoms with Crippen molar-refractivity contribution in [3.05, 3.63) is 23.8 Å². The molecule has 0 unspecified atom stereocenters. The number of nitrogens with one attached hydrogen (secondary N) is 1. The van der Waals surface area contributed by atoms with Crippen LogP contribution in [0.5, 0.6) is 0 Å². The van der Waals surface area contributed by atoms with Crippen LogP contribution in [0, 0.1) is 0 Å². The Bertz CT molecular complexity index is 442.